The topological polar surface area (TPSA) is 66.4 Å². The molecular weight excluding hydrogens is 226 g/mol. The van der Waals surface area contributed by atoms with Gasteiger partial charge in [-0.25, -0.2) is 8.42 Å². The summed E-state index contributed by atoms with van der Waals surface area (Å²) in [7, 11) is -2.81. The Bertz CT molecular complexity index is 456. The van der Waals surface area contributed by atoms with Gasteiger partial charge in [0.05, 0.1) is 11.5 Å². The summed E-state index contributed by atoms with van der Waals surface area (Å²) in [4.78, 5) is 0. The molecular formula is C11H15NO3S. The lowest BCUT2D eigenvalue weighted by atomic mass is 10.1. The van der Waals surface area contributed by atoms with Gasteiger partial charge in [-0.2, -0.15) is 0 Å². The zero-order valence-electron chi connectivity index (χ0n) is 8.89. The molecule has 1 aromatic carbocycles. The van der Waals surface area contributed by atoms with Crippen LogP contribution in [-0.4, -0.2) is 31.1 Å². The van der Waals surface area contributed by atoms with Crippen LogP contribution < -0.4 is 5.32 Å². The van der Waals surface area contributed by atoms with Gasteiger partial charge in [-0.1, -0.05) is 6.07 Å². The van der Waals surface area contributed by atoms with Crippen molar-refractivity contribution in [1.29, 1.82) is 0 Å². The highest BCUT2D eigenvalue weighted by molar-refractivity contribution is 7.91. The van der Waals surface area contributed by atoms with Gasteiger partial charge in [-0.3, -0.25) is 0 Å². The number of hydrogen-bond donors (Lipinski definition) is 2. The molecule has 2 N–H and O–H groups in total. The number of anilines is 1. The molecule has 88 valence electrons. The molecule has 16 heavy (non-hydrogen) atoms. The first-order valence-electron chi connectivity index (χ1n) is 5.31. The van der Waals surface area contributed by atoms with Crippen molar-refractivity contribution < 1.29 is 13.5 Å². The van der Waals surface area contributed by atoms with E-state index in [0.717, 1.165) is 5.69 Å². The van der Waals surface area contributed by atoms with E-state index in [1.807, 2.05) is 6.07 Å². The first kappa shape index (κ1) is 11.3. The maximum atomic E-state index is 11.2. The zero-order valence-corrected chi connectivity index (χ0v) is 9.70. The van der Waals surface area contributed by atoms with Crippen LogP contribution in [0, 0.1) is 0 Å². The van der Waals surface area contributed by atoms with Gasteiger partial charge >= 0.3 is 0 Å². The second-order valence-corrected chi connectivity index (χ2v) is 6.42. The molecule has 0 aliphatic carbocycles. The molecule has 1 aromatic rings. The quantitative estimate of drug-likeness (QED) is 0.821. The van der Waals surface area contributed by atoms with E-state index in [1.165, 1.54) is 0 Å². The van der Waals surface area contributed by atoms with E-state index in [9.17, 15) is 13.5 Å². The number of sulfone groups is 1. The molecule has 0 aromatic heterocycles. The summed E-state index contributed by atoms with van der Waals surface area (Å²) >= 11 is 0. The van der Waals surface area contributed by atoms with Crippen molar-refractivity contribution >= 4 is 15.5 Å². The Kier molecular flexibility index (Phi) is 3.05. The van der Waals surface area contributed by atoms with Gasteiger partial charge in [0.2, 0.25) is 0 Å². The molecule has 1 saturated heterocycles. The lowest BCUT2D eigenvalue weighted by molar-refractivity contribution is 0.475. The maximum absolute atomic E-state index is 11.2. The number of hydrogen-bond acceptors (Lipinski definition) is 4. The first-order valence-corrected chi connectivity index (χ1v) is 7.13. The van der Waals surface area contributed by atoms with Gasteiger partial charge in [0.15, 0.2) is 0 Å². The molecule has 1 aliphatic heterocycles. The third-order valence-electron chi connectivity index (χ3n) is 2.77. The maximum Gasteiger partial charge on any atom is 0.150 e. The number of rotatable bonds is 2. The lowest BCUT2D eigenvalue weighted by Gasteiger charge is -2.24. The SMILES string of the molecule is O=S1(=O)CCC(Nc2cccc(O)c2)CC1. The van der Waals surface area contributed by atoms with Crippen LogP contribution in [0.3, 0.4) is 0 Å². The third-order valence-corrected chi connectivity index (χ3v) is 4.49. The highest BCUT2D eigenvalue weighted by Gasteiger charge is 2.23. The fourth-order valence-electron chi connectivity index (χ4n) is 1.87. The molecule has 1 fully saturated rings. The van der Waals surface area contributed by atoms with Crippen LogP contribution in [-0.2, 0) is 9.84 Å². The number of phenols is 1. The van der Waals surface area contributed by atoms with E-state index < -0.39 is 9.84 Å². The Labute approximate surface area is 95.2 Å². The molecule has 4 nitrogen and oxygen atoms in total. The molecule has 2 rings (SSSR count). The van der Waals surface area contributed by atoms with Crippen LogP contribution in [0.4, 0.5) is 5.69 Å². The van der Waals surface area contributed by atoms with Gasteiger partial charge < -0.3 is 10.4 Å². The molecule has 1 aliphatic rings. The molecule has 5 heteroatoms. The van der Waals surface area contributed by atoms with Crippen LogP contribution in [0.25, 0.3) is 0 Å². The Morgan fingerprint density at radius 1 is 1.25 bits per heavy atom. The minimum atomic E-state index is -2.81. The molecule has 0 radical (unpaired) electrons. The van der Waals surface area contributed by atoms with Gasteiger partial charge in [-0.15, -0.1) is 0 Å². The van der Waals surface area contributed by atoms with Gasteiger partial charge in [0, 0.05) is 17.8 Å². The summed E-state index contributed by atoms with van der Waals surface area (Å²) in [5.74, 6) is 0.723. The van der Waals surface area contributed by atoms with Crippen LogP contribution in [0.15, 0.2) is 24.3 Å². The van der Waals surface area contributed by atoms with Gasteiger partial charge in [-0.05, 0) is 25.0 Å². The van der Waals surface area contributed by atoms with Crippen molar-refractivity contribution in [3.63, 3.8) is 0 Å². The molecule has 0 atom stereocenters. The third kappa shape index (κ3) is 2.88. The fraction of sp³-hybridized carbons (Fsp3) is 0.455. The Morgan fingerprint density at radius 2 is 1.94 bits per heavy atom. The molecule has 0 spiro atoms. The summed E-state index contributed by atoms with van der Waals surface area (Å²) in [6.45, 7) is 0. The van der Waals surface area contributed by atoms with Crippen molar-refractivity contribution in [1.82, 2.24) is 0 Å². The number of phenolic OH excluding ortho intramolecular Hbond substituents is 1. The zero-order chi connectivity index (χ0) is 11.6. The summed E-state index contributed by atoms with van der Waals surface area (Å²) in [5.41, 5.74) is 0.837. The smallest absolute Gasteiger partial charge is 0.150 e. The van der Waals surface area contributed by atoms with Crippen LogP contribution in [0.2, 0.25) is 0 Å². The fourth-order valence-corrected chi connectivity index (χ4v) is 3.36. The second-order valence-electron chi connectivity index (χ2n) is 4.12. The van der Waals surface area contributed by atoms with Crippen LogP contribution in [0.5, 0.6) is 5.75 Å². The summed E-state index contributed by atoms with van der Waals surface area (Å²) in [5, 5.41) is 12.5. The van der Waals surface area contributed by atoms with E-state index in [4.69, 9.17) is 0 Å². The minimum Gasteiger partial charge on any atom is -0.508 e. The summed E-state index contributed by atoms with van der Waals surface area (Å²) in [6.07, 6.45) is 1.27. The van der Waals surface area contributed by atoms with Crippen molar-refractivity contribution in [3.05, 3.63) is 24.3 Å². The van der Waals surface area contributed by atoms with Crippen LogP contribution in [0.1, 0.15) is 12.8 Å². The molecule has 0 unspecified atom stereocenters. The Balaban J connectivity index is 1.97. The van der Waals surface area contributed by atoms with Crippen molar-refractivity contribution in [2.75, 3.05) is 16.8 Å². The van der Waals surface area contributed by atoms with E-state index in [2.05, 4.69) is 5.32 Å². The Morgan fingerprint density at radius 3 is 2.56 bits per heavy atom. The molecule has 0 saturated carbocycles. The standard InChI is InChI=1S/C11H15NO3S/c13-11-3-1-2-10(8-11)12-9-4-6-16(14,15)7-5-9/h1-3,8-9,12-13H,4-7H2. The normalized spacial score (nSPS) is 20.5. The highest BCUT2D eigenvalue weighted by Crippen LogP contribution is 2.20. The molecule has 1 heterocycles. The monoisotopic (exact) mass is 241 g/mol. The average molecular weight is 241 g/mol. The predicted molar refractivity (Wildman–Crippen MR) is 63.4 cm³/mol. The average Bonchev–Trinajstić information content (AvgIpc) is 2.21. The van der Waals surface area contributed by atoms with Crippen molar-refractivity contribution in [2.45, 2.75) is 18.9 Å². The van der Waals surface area contributed by atoms with Gasteiger partial charge in [0.25, 0.3) is 0 Å². The van der Waals surface area contributed by atoms with Gasteiger partial charge in [0.1, 0.15) is 15.6 Å². The van der Waals surface area contributed by atoms with Crippen LogP contribution >= 0.6 is 0 Å². The van der Waals surface area contributed by atoms with E-state index in [1.54, 1.807) is 18.2 Å². The van der Waals surface area contributed by atoms with E-state index in [-0.39, 0.29) is 23.3 Å². The molecule has 0 amide bonds. The van der Waals surface area contributed by atoms with Crippen molar-refractivity contribution in [3.8, 4) is 5.75 Å². The second kappa shape index (κ2) is 4.33. The first-order chi connectivity index (χ1) is 7.55. The van der Waals surface area contributed by atoms with Crippen molar-refractivity contribution in [2.24, 2.45) is 0 Å². The molecule has 0 bridgehead atoms. The highest BCUT2D eigenvalue weighted by atomic mass is 32.2. The van der Waals surface area contributed by atoms with E-state index >= 15 is 0 Å². The van der Waals surface area contributed by atoms with E-state index in [0.29, 0.717) is 12.8 Å². The Hall–Kier alpha value is -1.23. The summed E-state index contributed by atoms with van der Waals surface area (Å²) < 4.78 is 22.5. The predicted octanol–water partition coefficient (Wildman–Crippen LogP) is 1.38. The number of nitrogens with one attached hydrogen (secondary N) is 1. The number of aromatic hydroxyl groups is 1. The lowest BCUT2D eigenvalue weighted by Crippen LogP contribution is -2.32. The largest absolute Gasteiger partial charge is 0.508 e. The minimum absolute atomic E-state index is 0.185. The number of benzene rings is 1. The summed E-state index contributed by atoms with van der Waals surface area (Å²) in [6, 6.07) is 7.06.